The Balaban J connectivity index is 0.962. The minimum atomic E-state index is -1.42. The third kappa shape index (κ3) is 8.80. The van der Waals surface area contributed by atoms with Crippen LogP contribution in [0.1, 0.15) is 62.9 Å². The van der Waals surface area contributed by atoms with Gasteiger partial charge in [-0.3, -0.25) is 19.4 Å². The number of hydrogen-bond acceptors (Lipinski definition) is 11. The van der Waals surface area contributed by atoms with Crippen LogP contribution in [0.5, 0.6) is 5.75 Å². The predicted octanol–water partition coefficient (Wildman–Crippen LogP) is 9.65. The van der Waals surface area contributed by atoms with E-state index in [9.17, 15) is 49.2 Å². The second-order valence-electron chi connectivity index (χ2n) is 16.7. The zero-order valence-corrected chi connectivity index (χ0v) is 39.6. The van der Waals surface area contributed by atoms with Gasteiger partial charge in [0.2, 0.25) is 0 Å². The summed E-state index contributed by atoms with van der Waals surface area (Å²) in [4.78, 5) is 84.2. The average molecular weight is 1010 g/mol. The number of hydrogen-bond donors (Lipinski definition) is 6. The third-order valence-electron chi connectivity index (χ3n) is 12.2. The number of aromatic hydroxyl groups is 1. The zero-order valence-electron chi connectivity index (χ0n) is 38.1. The Bertz CT molecular complexity index is 3840. The third-order valence-corrected chi connectivity index (χ3v) is 12.9. The molecule has 18 heteroatoms. The summed E-state index contributed by atoms with van der Waals surface area (Å²) in [7, 11) is 5.38. The molecule has 0 bridgehead atoms. The fourth-order valence-electron chi connectivity index (χ4n) is 8.62. The van der Waals surface area contributed by atoms with Gasteiger partial charge in [-0.25, -0.2) is 14.4 Å². The lowest BCUT2D eigenvalue weighted by Gasteiger charge is -2.21. The minimum absolute atomic E-state index is 0.00466. The summed E-state index contributed by atoms with van der Waals surface area (Å²) in [5, 5.41) is 47.3. The summed E-state index contributed by atoms with van der Waals surface area (Å²) >= 11 is 13.8. The van der Waals surface area contributed by atoms with Crippen LogP contribution >= 0.6 is 23.2 Å². The molecule has 2 aliphatic heterocycles. The number of aromatic carboxylic acids is 3. The molecule has 72 heavy (non-hydrogen) atoms. The first-order chi connectivity index (χ1) is 34.4. The van der Waals surface area contributed by atoms with Gasteiger partial charge in [0.05, 0.1) is 49.8 Å². The van der Waals surface area contributed by atoms with Crippen molar-refractivity contribution in [3.63, 3.8) is 0 Å². The van der Waals surface area contributed by atoms with Gasteiger partial charge < -0.3 is 44.8 Å². The maximum Gasteiger partial charge on any atom is 0.337 e. The van der Waals surface area contributed by atoms with Gasteiger partial charge in [0.15, 0.2) is 5.43 Å². The van der Waals surface area contributed by atoms with E-state index < -0.39 is 40.7 Å². The first kappa shape index (κ1) is 48.1. The van der Waals surface area contributed by atoms with E-state index in [1.54, 1.807) is 43.4 Å². The maximum absolute atomic E-state index is 13.8. The van der Waals surface area contributed by atoms with Crippen LogP contribution < -0.4 is 26.3 Å². The smallest absolute Gasteiger partial charge is 0.337 e. The fraction of sp³-hybridized carbons (Fsp3) is 0.0926. The number of anilines is 1. The van der Waals surface area contributed by atoms with Crippen LogP contribution in [-0.4, -0.2) is 71.3 Å². The van der Waals surface area contributed by atoms with Crippen LogP contribution in [0.2, 0.25) is 10.0 Å². The molecule has 0 aromatic heterocycles. The maximum atomic E-state index is 13.8. The van der Waals surface area contributed by atoms with Gasteiger partial charge in [-0.1, -0.05) is 41.4 Å². The number of rotatable bonds is 12. The zero-order chi connectivity index (χ0) is 51.3. The van der Waals surface area contributed by atoms with Crippen LogP contribution in [0.25, 0.3) is 66.8 Å². The molecule has 0 fully saturated rings. The highest BCUT2D eigenvalue weighted by molar-refractivity contribution is 6.41. The molecule has 0 radical (unpaired) electrons. The van der Waals surface area contributed by atoms with E-state index in [4.69, 9.17) is 32.0 Å². The second-order valence-corrected chi connectivity index (χ2v) is 17.5. The quantitative estimate of drug-likeness (QED) is 0.0625. The van der Waals surface area contributed by atoms with Crippen LogP contribution in [0.15, 0.2) is 134 Å². The van der Waals surface area contributed by atoms with E-state index in [2.05, 4.69) is 15.6 Å². The highest BCUT2D eigenvalue weighted by Gasteiger charge is 2.30. The lowest BCUT2D eigenvalue weighted by Crippen LogP contribution is -2.27. The van der Waals surface area contributed by atoms with Gasteiger partial charge in [0.25, 0.3) is 11.8 Å². The average Bonchev–Trinajstić information content (AvgIpc) is 3.36. The van der Waals surface area contributed by atoms with E-state index in [0.717, 1.165) is 11.8 Å². The number of carboxylic acids is 3. The van der Waals surface area contributed by atoms with E-state index in [-0.39, 0.29) is 90.3 Å². The molecule has 6 N–H and O–H groups in total. The number of nitrogens with one attached hydrogen (secondary N) is 2. The first-order valence-corrected chi connectivity index (χ1v) is 22.5. The molecule has 2 aliphatic carbocycles. The minimum Gasteiger partial charge on any atom is -0.508 e. The summed E-state index contributed by atoms with van der Waals surface area (Å²) < 4.78 is 12.5. The summed E-state index contributed by atoms with van der Waals surface area (Å²) in [6, 6.07) is 28.6. The number of carbonyl (C=O) groups is 5. The normalized spacial score (nSPS) is 11.6. The molecule has 5 aromatic carbocycles. The molecule has 5 aromatic rings. The van der Waals surface area contributed by atoms with Crippen molar-refractivity contribution in [1.29, 1.82) is 0 Å². The van der Waals surface area contributed by atoms with Crippen LogP contribution in [0.4, 0.5) is 5.69 Å². The number of benzene rings is 7. The standard InChI is InChI=1S/C54H38Cl2N4O12/c1-57-28-9-13-33-41(19-28)71-42-20-29(60(2)3)10-14-34(42)45(33)46-39(55)22-37(48(56)47(46)54(69)70)51(64)58-23-25-4-6-26(7-5-25)50(63)59-24-38-40(62)17-16-35-44(32-15-11-30(61)21-43(32)72-49(35)38)31-12-8-27(52(65)66)18-36(31)53(67)68/h4-22,61H,23-24H2,1-3H3,(H,58,64)(H,59,63)(H,65,66)(H,67,68)(H,69,70). The summed E-state index contributed by atoms with van der Waals surface area (Å²) in [6.07, 6.45) is 0. The Kier molecular flexibility index (Phi) is 12.7. The fourth-order valence-corrected chi connectivity index (χ4v) is 9.24. The largest absolute Gasteiger partial charge is 0.508 e. The van der Waals surface area contributed by atoms with Crippen molar-refractivity contribution in [2.75, 3.05) is 26.0 Å². The molecule has 16 nitrogen and oxygen atoms in total. The Morgan fingerprint density at radius 2 is 1.29 bits per heavy atom. The molecule has 4 aliphatic rings. The SMILES string of the molecule is CN=c1ccc2c(-c3c(Cl)cc(C(=O)NCc4ccc(C(=O)NCc5c6oc7cc(O)ccc7c(-c7ccc(C(=O)O)cc7C(=O)O)c-6ccc5=O)cc4)c(Cl)c3C(=O)O)c3ccc(N(C)C)cc3oc-2c1. The van der Waals surface area contributed by atoms with Crippen molar-refractivity contribution in [3.8, 4) is 50.7 Å². The van der Waals surface area contributed by atoms with Crippen LogP contribution in [-0.2, 0) is 13.1 Å². The molecular formula is C54H38Cl2N4O12. The molecule has 2 heterocycles. The highest BCUT2D eigenvalue weighted by atomic mass is 35.5. The Morgan fingerprint density at radius 1 is 0.625 bits per heavy atom. The number of nitrogens with zero attached hydrogens (tertiary/aromatic N) is 2. The van der Waals surface area contributed by atoms with Crippen LogP contribution in [0.3, 0.4) is 0 Å². The summed E-state index contributed by atoms with van der Waals surface area (Å²) in [5.41, 5.74) is 2.12. The molecule has 0 saturated heterocycles. The Morgan fingerprint density at radius 3 is 1.99 bits per heavy atom. The first-order valence-electron chi connectivity index (χ1n) is 21.8. The van der Waals surface area contributed by atoms with Gasteiger partial charge >= 0.3 is 17.9 Å². The lowest BCUT2D eigenvalue weighted by atomic mass is 9.88. The topological polar surface area (TPSA) is 249 Å². The number of halogens is 2. The number of carboxylic acid groups (broad SMARTS) is 3. The molecule has 9 rings (SSSR count). The Labute approximate surface area is 417 Å². The highest BCUT2D eigenvalue weighted by Crippen LogP contribution is 2.47. The van der Waals surface area contributed by atoms with E-state index in [1.165, 1.54) is 60.7 Å². The van der Waals surface area contributed by atoms with Crippen molar-refractivity contribution >= 4 is 80.6 Å². The summed E-state index contributed by atoms with van der Waals surface area (Å²) in [5.74, 6) is -5.26. The predicted molar refractivity (Wildman–Crippen MR) is 270 cm³/mol. The number of fused-ring (bicyclic) bond motifs is 4. The van der Waals surface area contributed by atoms with Crippen molar-refractivity contribution in [2.45, 2.75) is 13.1 Å². The second kappa shape index (κ2) is 19.1. The van der Waals surface area contributed by atoms with E-state index >= 15 is 0 Å². The molecule has 0 atom stereocenters. The molecule has 0 unspecified atom stereocenters. The van der Waals surface area contributed by atoms with E-state index in [0.29, 0.717) is 44.2 Å². The molecule has 360 valence electrons. The molecule has 0 saturated carbocycles. The van der Waals surface area contributed by atoms with Crippen molar-refractivity contribution in [2.24, 2.45) is 4.99 Å². The van der Waals surface area contributed by atoms with E-state index in [1.807, 2.05) is 31.1 Å². The van der Waals surface area contributed by atoms with Gasteiger partial charge in [0.1, 0.15) is 28.4 Å². The van der Waals surface area contributed by atoms with Gasteiger partial charge in [0, 0.05) is 95.7 Å². The van der Waals surface area contributed by atoms with Gasteiger partial charge in [-0.05, 0) is 90.0 Å². The molecule has 0 spiro atoms. The molecule has 2 amide bonds. The van der Waals surface area contributed by atoms with Gasteiger partial charge in [-0.15, -0.1) is 0 Å². The van der Waals surface area contributed by atoms with Crippen LogP contribution in [0, 0.1) is 0 Å². The van der Waals surface area contributed by atoms with Gasteiger partial charge in [-0.2, -0.15) is 0 Å². The Hall–Kier alpha value is -8.99. The van der Waals surface area contributed by atoms with Crippen molar-refractivity contribution < 1.29 is 53.2 Å². The summed E-state index contributed by atoms with van der Waals surface area (Å²) in [6.45, 7) is -0.414. The van der Waals surface area contributed by atoms with Crippen molar-refractivity contribution in [3.05, 3.63) is 180 Å². The number of amides is 2. The van der Waals surface area contributed by atoms with Crippen molar-refractivity contribution in [1.82, 2.24) is 10.6 Å². The number of phenols is 1. The monoisotopic (exact) mass is 1000 g/mol. The number of phenolic OH excluding ortho intramolecular Hbond substituents is 1. The molecular weight excluding hydrogens is 968 g/mol. The lowest BCUT2D eigenvalue weighted by molar-refractivity contribution is 0.0682. The number of carbonyl (C=O) groups excluding carboxylic acids is 2.